The Morgan fingerprint density at radius 2 is 2.22 bits per heavy atom. The first-order valence-electron chi connectivity index (χ1n) is 5.21. The standard InChI is InChI=1S/C12H11ClN4O/c1-7-5-15-3-2-10(7)17-12(18)8-4-9(13)11(14)16-6-8/h2-6H,1H3,(H2,14,16)(H,15,17,18). The average Bonchev–Trinajstić information content (AvgIpc) is 2.35. The van der Waals surface area contributed by atoms with Gasteiger partial charge >= 0.3 is 0 Å². The molecule has 0 spiro atoms. The molecule has 3 N–H and O–H groups in total. The summed E-state index contributed by atoms with van der Waals surface area (Å²) in [5.74, 6) is -0.0907. The fourth-order valence-electron chi connectivity index (χ4n) is 1.38. The Bertz CT molecular complexity index is 600. The molecule has 0 saturated heterocycles. The minimum atomic E-state index is -0.293. The zero-order valence-electron chi connectivity index (χ0n) is 9.64. The van der Waals surface area contributed by atoms with E-state index in [2.05, 4.69) is 15.3 Å². The molecule has 18 heavy (non-hydrogen) atoms. The Morgan fingerprint density at radius 1 is 1.44 bits per heavy atom. The van der Waals surface area contributed by atoms with Gasteiger partial charge in [0, 0.05) is 24.3 Å². The molecular formula is C12H11ClN4O. The van der Waals surface area contributed by atoms with Gasteiger partial charge in [0.1, 0.15) is 5.82 Å². The van der Waals surface area contributed by atoms with E-state index in [9.17, 15) is 4.79 Å². The summed E-state index contributed by atoms with van der Waals surface area (Å²) in [6.45, 7) is 1.86. The Kier molecular flexibility index (Phi) is 3.43. The van der Waals surface area contributed by atoms with Crippen molar-refractivity contribution in [3.63, 3.8) is 0 Å². The maximum atomic E-state index is 12.0. The van der Waals surface area contributed by atoms with E-state index in [1.54, 1.807) is 18.5 Å². The largest absolute Gasteiger partial charge is 0.382 e. The molecule has 2 heterocycles. The lowest BCUT2D eigenvalue weighted by molar-refractivity contribution is 0.102. The average molecular weight is 263 g/mol. The number of nitrogens with one attached hydrogen (secondary N) is 1. The van der Waals surface area contributed by atoms with Gasteiger partial charge in [-0.05, 0) is 24.6 Å². The summed E-state index contributed by atoms with van der Waals surface area (Å²) in [7, 11) is 0. The van der Waals surface area contributed by atoms with Crippen molar-refractivity contribution >= 4 is 29.0 Å². The van der Waals surface area contributed by atoms with Gasteiger partial charge in [0.2, 0.25) is 0 Å². The molecule has 92 valence electrons. The highest BCUT2D eigenvalue weighted by molar-refractivity contribution is 6.33. The Balaban J connectivity index is 2.22. The second kappa shape index (κ2) is 5.01. The van der Waals surface area contributed by atoms with Crippen LogP contribution in [0.5, 0.6) is 0 Å². The van der Waals surface area contributed by atoms with Gasteiger partial charge in [0.15, 0.2) is 0 Å². The molecule has 1 amide bonds. The van der Waals surface area contributed by atoms with Crippen LogP contribution in [0.4, 0.5) is 11.5 Å². The van der Waals surface area contributed by atoms with E-state index in [1.807, 2.05) is 6.92 Å². The molecule has 2 aromatic rings. The van der Waals surface area contributed by atoms with E-state index < -0.39 is 0 Å². The molecule has 0 aliphatic heterocycles. The molecule has 0 aromatic carbocycles. The van der Waals surface area contributed by atoms with Crippen molar-refractivity contribution in [2.45, 2.75) is 6.92 Å². The number of carbonyl (C=O) groups excluding carboxylic acids is 1. The highest BCUT2D eigenvalue weighted by Crippen LogP contribution is 2.18. The van der Waals surface area contributed by atoms with Gasteiger partial charge < -0.3 is 11.1 Å². The zero-order valence-corrected chi connectivity index (χ0v) is 10.4. The monoisotopic (exact) mass is 262 g/mol. The van der Waals surface area contributed by atoms with Gasteiger partial charge in [-0.3, -0.25) is 9.78 Å². The van der Waals surface area contributed by atoms with E-state index in [1.165, 1.54) is 12.3 Å². The van der Waals surface area contributed by atoms with E-state index in [4.69, 9.17) is 17.3 Å². The molecule has 0 aliphatic rings. The number of amides is 1. The fourth-order valence-corrected chi connectivity index (χ4v) is 1.55. The first kappa shape index (κ1) is 12.3. The maximum Gasteiger partial charge on any atom is 0.257 e. The topological polar surface area (TPSA) is 80.9 Å². The maximum absolute atomic E-state index is 12.0. The van der Waals surface area contributed by atoms with Crippen molar-refractivity contribution in [2.75, 3.05) is 11.1 Å². The number of hydrogen-bond donors (Lipinski definition) is 2. The van der Waals surface area contributed by atoms with Gasteiger partial charge in [0.25, 0.3) is 5.91 Å². The van der Waals surface area contributed by atoms with Crippen LogP contribution in [0.2, 0.25) is 5.02 Å². The van der Waals surface area contributed by atoms with Crippen LogP contribution >= 0.6 is 11.6 Å². The molecule has 0 radical (unpaired) electrons. The Labute approximate surface area is 109 Å². The number of pyridine rings is 2. The third-order valence-corrected chi connectivity index (χ3v) is 2.70. The first-order chi connectivity index (χ1) is 8.58. The number of nitrogens with zero attached hydrogens (tertiary/aromatic N) is 2. The number of aromatic nitrogens is 2. The van der Waals surface area contributed by atoms with Gasteiger partial charge in [-0.15, -0.1) is 0 Å². The molecule has 5 nitrogen and oxygen atoms in total. The van der Waals surface area contributed by atoms with E-state index >= 15 is 0 Å². The highest BCUT2D eigenvalue weighted by Gasteiger charge is 2.10. The summed E-state index contributed by atoms with van der Waals surface area (Å²) in [4.78, 5) is 19.7. The predicted octanol–water partition coefficient (Wildman–Crippen LogP) is 2.27. The van der Waals surface area contributed by atoms with Crippen LogP contribution in [0.25, 0.3) is 0 Å². The smallest absolute Gasteiger partial charge is 0.257 e. The molecule has 2 rings (SSSR count). The SMILES string of the molecule is Cc1cnccc1NC(=O)c1cnc(N)c(Cl)c1. The minimum absolute atomic E-state index is 0.202. The molecule has 2 aromatic heterocycles. The second-order valence-electron chi connectivity index (χ2n) is 3.74. The molecule has 0 bridgehead atoms. The van der Waals surface area contributed by atoms with Crippen molar-refractivity contribution in [1.82, 2.24) is 9.97 Å². The number of aryl methyl sites for hydroxylation is 1. The number of rotatable bonds is 2. The summed E-state index contributed by atoms with van der Waals surface area (Å²) in [6, 6.07) is 3.20. The molecule has 0 aliphatic carbocycles. The minimum Gasteiger partial charge on any atom is -0.382 e. The number of hydrogen-bond acceptors (Lipinski definition) is 4. The van der Waals surface area contributed by atoms with Crippen LogP contribution in [-0.4, -0.2) is 15.9 Å². The van der Waals surface area contributed by atoms with Crippen molar-refractivity contribution < 1.29 is 4.79 Å². The van der Waals surface area contributed by atoms with Crippen LogP contribution in [0, 0.1) is 6.92 Å². The van der Waals surface area contributed by atoms with E-state index in [-0.39, 0.29) is 16.7 Å². The highest BCUT2D eigenvalue weighted by atomic mass is 35.5. The Morgan fingerprint density at radius 3 is 2.89 bits per heavy atom. The summed E-state index contributed by atoms with van der Waals surface area (Å²) < 4.78 is 0. The quantitative estimate of drug-likeness (QED) is 0.870. The van der Waals surface area contributed by atoms with Gasteiger partial charge in [-0.25, -0.2) is 4.98 Å². The third-order valence-electron chi connectivity index (χ3n) is 2.40. The molecule has 6 heteroatoms. The lowest BCUT2D eigenvalue weighted by Gasteiger charge is -2.08. The van der Waals surface area contributed by atoms with Crippen LogP contribution < -0.4 is 11.1 Å². The molecule has 0 atom stereocenters. The van der Waals surface area contributed by atoms with Crippen molar-refractivity contribution in [2.24, 2.45) is 0 Å². The predicted molar refractivity (Wildman–Crippen MR) is 70.6 cm³/mol. The van der Waals surface area contributed by atoms with Crippen molar-refractivity contribution in [3.8, 4) is 0 Å². The third kappa shape index (κ3) is 2.57. The molecular weight excluding hydrogens is 252 g/mol. The molecule has 0 saturated carbocycles. The van der Waals surface area contributed by atoms with E-state index in [0.717, 1.165) is 5.56 Å². The van der Waals surface area contributed by atoms with Gasteiger partial charge in [0.05, 0.1) is 10.6 Å². The number of carbonyl (C=O) groups is 1. The molecule has 0 fully saturated rings. The van der Waals surface area contributed by atoms with E-state index in [0.29, 0.717) is 11.3 Å². The zero-order chi connectivity index (χ0) is 13.1. The number of halogens is 1. The normalized spacial score (nSPS) is 10.1. The summed E-state index contributed by atoms with van der Waals surface area (Å²) in [5.41, 5.74) is 7.41. The fraction of sp³-hybridized carbons (Fsp3) is 0.0833. The number of nitrogens with two attached hydrogens (primary N) is 1. The summed E-state index contributed by atoms with van der Waals surface area (Å²) in [5, 5.41) is 3.01. The van der Waals surface area contributed by atoms with Crippen molar-refractivity contribution in [3.05, 3.63) is 46.9 Å². The number of nitrogen functional groups attached to an aromatic ring is 1. The van der Waals surface area contributed by atoms with Crippen LogP contribution in [-0.2, 0) is 0 Å². The summed E-state index contributed by atoms with van der Waals surface area (Å²) in [6.07, 6.45) is 4.66. The first-order valence-corrected chi connectivity index (χ1v) is 5.58. The van der Waals surface area contributed by atoms with Gasteiger partial charge in [-0.2, -0.15) is 0 Å². The summed E-state index contributed by atoms with van der Waals surface area (Å²) >= 11 is 5.81. The lowest BCUT2D eigenvalue weighted by atomic mass is 10.2. The van der Waals surface area contributed by atoms with Gasteiger partial charge in [-0.1, -0.05) is 11.6 Å². The Hall–Kier alpha value is -2.14. The van der Waals surface area contributed by atoms with Crippen LogP contribution in [0.15, 0.2) is 30.7 Å². The second-order valence-corrected chi connectivity index (χ2v) is 4.14. The lowest BCUT2D eigenvalue weighted by Crippen LogP contribution is -2.13. The van der Waals surface area contributed by atoms with Crippen LogP contribution in [0.3, 0.4) is 0 Å². The number of anilines is 2. The van der Waals surface area contributed by atoms with Crippen LogP contribution in [0.1, 0.15) is 15.9 Å². The van der Waals surface area contributed by atoms with Crippen molar-refractivity contribution in [1.29, 1.82) is 0 Å². The molecule has 0 unspecified atom stereocenters.